The minimum atomic E-state index is -0.495. The molecule has 0 aliphatic carbocycles. The molecule has 0 saturated heterocycles. The van der Waals surface area contributed by atoms with Crippen molar-refractivity contribution in [2.45, 2.75) is 25.8 Å². The third-order valence-corrected chi connectivity index (χ3v) is 3.07. The van der Waals surface area contributed by atoms with Crippen molar-refractivity contribution in [1.82, 2.24) is 4.98 Å². The maximum absolute atomic E-state index is 6.07. The molecule has 1 heterocycles. The molecule has 1 unspecified atom stereocenters. The van der Waals surface area contributed by atoms with Crippen molar-refractivity contribution in [3.8, 4) is 0 Å². The molecule has 0 amide bonds. The molecule has 80 valence electrons. The van der Waals surface area contributed by atoms with Gasteiger partial charge in [-0.05, 0) is 31.5 Å². The first-order valence-electron chi connectivity index (χ1n) is 4.88. The zero-order chi connectivity index (χ0) is 11.1. The van der Waals surface area contributed by atoms with Gasteiger partial charge in [0.1, 0.15) is 5.52 Å². The van der Waals surface area contributed by atoms with Crippen molar-refractivity contribution in [2.24, 2.45) is 5.73 Å². The fourth-order valence-electron chi connectivity index (χ4n) is 1.30. The van der Waals surface area contributed by atoms with Gasteiger partial charge in [0.15, 0.2) is 5.58 Å². The van der Waals surface area contributed by atoms with Crippen LogP contribution in [-0.4, -0.2) is 4.98 Å². The Morgan fingerprint density at radius 1 is 1.53 bits per heavy atom. The van der Waals surface area contributed by atoms with Crippen LogP contribution in [0.4, 0.5) is 0 Å². The Kier molecular flexibility index (Phi) is 2.56. The quantitative estimate of drug-likeness (QED) is 0.910. The molecular weight excluding hydrogens is 256 g/mol. The molecular formula is C11H13BrN2O. The molecule has 0 bridgehead atoms. The van der Waals surface area contributed by atoms with E-state index in [1.165, 1.54) is 0 Å². The van der Waals surface area contributed by atoms with Crippen LogP contribution >= 0.6 is 15.9 Å². The summed E-state index contributed by atoms with van der Waals surface area (Å²) in [4.78, 5) is 4.39. The Bertz CT molecular complexity index is 490. The average molecular weight is 269 g/mol. The summed E-state index contributed by atoms with van der Waals surface area (Å²) in [5.74, 6) is 0.595. The number of nitrogens with two attached hydrogens (primary N) is 1. The second-order valence-corrected chi connectivity index (χ2v) is 4.82. The molecule has 2 aromatic rings. The minimum Gasteiger partial charge on any atom is -0.439 e. The van der Waals surface area contributed by atoms with Crippen LogP contribution < -0.4 is 5.73 Å². The molecule has 0 spiro atoms. The molecule has 4 heteroatoms. The van der Waals surface area contributed by atoms with E-state index in [1.807, 2.05) is 32.0 Å². The van der Waals surface area contributed by atoms with Gasteiger partial charge in [-0.15, -0.1) is 0 Å². The van der Waals surface area contributed by atoms with Gasteiger partial charge in [-0.25, -0.2) is 4.98 Å². The van der Waals surface area contributed by atoms with Crippen LogP contribution in [0.15, 0.2) is 27.1 Å². The van der Waals surface area contributed by atoms with Crippen LogP contribution in [0.3, 0.4) is 0 Å². The molecule has 0 aliphatic heterocycles. The summed E-state index contributed by atoms with van der Waals surface area (Å²) in [6.45, 7) is 3.94. The number of hydrogen-bond acceptors (Lipinski definition) is 3. The van der Waals surface area contributed by atoms with Crippen molar-refractivity contribution in [3.05, 3.63) is 28.6 Å². The molecule has 0 saturated carbocycles. The van der Waals surface area contributed by atoms with E-state index in [0.29, 0.717) is 5.89 Å². The van der Waals surface area contributed by atoms with Gasteiger partial charge in [-0.1, -0.05) is 22.9 Å². The summed E-state index contributed by atoms with van der Waals surface area (Å²) in [7, 11) is 0. The van der Waals surface area contributed by atoms with Crippen molar-refractivity contribution in [2.75, 3.05) is 0 Å². The molecule has 0 fully saturated rings. The number of benzene rings is 1. The first-order valence-corrected chi connectivity index (χ1v) is 5.67. The summed E-state index contributed by atoms with van der Waals surface area (Å²) < 4.78 is 6.61. The number of hydrogen-bond donors (Lipinski definition) is 1. The van der Waals surface area contributed by atoms with Crippen LogP contribution in [0.5, 0.6) is 0 Å². The van der Waals surface area contributed by atoms with E-state index in [4.69, 9.17) is 10.2 Å². The van der Waals surface area contributed by atoms with E-state index in [1.54, 1.807) is 0 Å². The van der Waals surface area contributed by atoms with E-state index in [0.717, 1.165) is 22.0 Å². The van der Waals surface area contributed by atoms with Gasteiger partial charge in [0.25, 0.3) is 0 Å². The summed E-state index contributed by atoms with van der Waals surface area (Å²) in [5, 5.41) is 0. The monoisotopic (exact) mass is 268 g/mol. The van der Waals surface area contributed by atoms with Gasteiger partial charge < -0.3 is 10.2 Å². The largest absolute Gasteiger partial charge is 0.439 e. The van der Waals surface area contributed by atoms with Crippen LogP contribution in [0.1, 0.15) is 26.2 Å². The van der Waals surface area contributed by atoms with Gasteiger partial charge in [0.05, 0.1) is 5.54 Å². The van der Waals surface area contributed by atoms with Gasteiger partial charge in [-0.2, -0.15) is 0 Å². The van der Waals surface area contributed by atoms with Crippen molar-refractivity contribution in [3.63, 3.8) is 0 Å². The molecule has 2 rings (SSSR count). The molecule has 15 heavy (non-hydrogen) atoms. The Balaban J connectivity index is 2.56. The number of fused-ring (bicyclic) bond motifs is 1. The average Bonchev–Trinajstić information content (AvgIpc) is 2.61. The number of oxazole rings is 1. The lowest BCUT2D eigenvalue weighted by molar-refractivity contribution is 0.356. The van der Waals surface area contributed by atoms with Gasteiger partial charge in [0.2, 0.25) is 5.89 Å². The standard InChI is InChI=1S/C11H13BrN2O/c1-3-11(2,13)10-14-8-6-7(12)4-5-9(8)15-10/h4-6H,3,13H2,1-2H3. The third-order valence-electron chi connectivity index (χ3n) is 2.57. The predicted molar refractivity (Wildman–Crippen MR) is 63.5 cm³/mol. The van der Waals surface area contributed by atoms with Crippen LogP contribution in [0.25, 0.3) is 11.1 Å². The highest BCUT2D eigenvalue weighted by atomic mass is 79.9. The molecule has 1 aromatic carbocycles. The highest BCUT2D eigenvalue weighted by Crippen LogP contribution is 2.26. The molecule has 1 atom stereocenters. The zero-order valence-corrected chi connectivity index (χ0v) is 10.3. The highest BCUT2D eigenvalue weighted by Gasteiger charge is 2.25. The molecule has 3 nitrogen and oxygen atoms in total. The smallest absolute Gasteiger partial charge is 0.215 e. The van der Waals surface area contributed by atoms with E-state index in [9.17, 15) is 0 Å². The zero-order valence-electron chi connectivity index (χ0n) is 8.75. The molecule has 0 radical (unpaired) electrons. The Hall–Kier alpha value is -0.870. The Morgan fingerprint density at radius 3 is 2.93 bits per heavy atom. The maximum Gasteiger partial charge on any atom is 0.215 e. The van der Waals surface area contributed by atoms with Crippen molar-refractivity contribution in [1.29, 1.82) is 0 Å². The first-order chi connectivity index (χ1) is 7.03. The SMILES string of the molecule is CCC(C)(N)c1nc2cc(Br)ccc2o1. The van der Waals surface area contributed by atoms with Crippen molar-refractivity contribution >= 4 is 27.0 Å². The number of rotatable bonds is 2. The van der Waals surface area contributed by atoms with Crippen molar-refractivity contribution < 1.29 is 4.42 Å². The second-order valence-electron chi connectivity index (χ2n) is 3.90. The molecule has 2 N–H and O–H groups in total. The first kappa shape index (κ1) is 10.6. The van der Waals surface area contributed by atoms with Gasteiger partial charge in [0, 0.05) is 4.47 Å². The lowest BCUT2D eigenvalue weighted by Gasteiger charge is -2.17. The predicted octanol–water partition coefficient (Wildman–Crippen LogP) is 3.17. The van der Waals surface area contributed by atoms with Crippen LogP contribution in [0, 0.1) is 0 Å². The van der Waals surface area contributed by atoms with E-state index in [2.05, 4.69) is 20.9 Å². The van der Waals surface area contributed by atoms with E-state index >= 15 is 0 Å². The number of aromatic nitrogens is 1. The normalized spacial score (nSPS) is 15.5. The lowest BCUT2D eigenvalue weighted by Crippen LogP contribution is -2.32. The van der Waals surface area contributed by atoms with Crippen LogP contribution in [0.2, 0.25) is 0 Å². The number of halogens is 1. The summed E-state index contributed by atoms with van der Waals surface area (Å²) >= 11 is 3.40. The number of nitrogens with zero attached hydrogens (tertiary/aromatic N) is 1. The van der Waals surface area contributed by atoms with E-state index in [-0.39, 0.29) is 0 Å². The topological polar surface area (TPSA) is 52.0 Å². The summed E-state index contributed by atoms with van der Waals surface area (Å²) in [6.07, 6.45) is 0.793. The summed E-state index contributed by atoms with van der Waals surface area (Å²) in [6, 6.07) is 5.74. The van der Waals surface area contributed by atoms with Crippen LogP contribution in [-0.2, 0) is 5.54 Å². The van der Waals surface area contributed by atoms with Gasteiger partial charge in [-0.3, -0.25) is 0 Å². The van der Waals surface area contributed by atoms with E-state index < -0.39 is 5.54 Å². The fraction of sp³-hybridized carbons (Fsp3) is 0.364. The highest BCUT2D eigenvalue weighted by molar-refractivity contribution is 9.10. The molecule has 1 aromatic heterocycles. The minimum absolute atomic E-state index is 0.495. The maximum atomic E-state index is 6.07. The fourth-order valence-corrected chi connectivity index (χ4v) is 1.65. The van der Waals surface area contributed by atoms with Gasteiger partial charge >= 0.3 is 0 Å². The second kappa shape index (κ2) is 3.61. The Morgan fingerprint density at radius 2 is 2.27 bits per heavy atom. The summed E-state index contributed by atoms with van der Waals surface area (Å²) in [5.41, 5.74) is 7.19. The molecule has 0 aliphatic rings. The Labute approximate surface area is 96.8 Å². The third kappa shape index (κ3) is 1.92. The lowest BCUT2D eigenvalue weighted by atomic mass is 10.0.